The average Bonchev–Trinajstić information content (AvgIpc) is 2.80. The van der Waals surface area contributed by atoms with Crippen LogP contribution in [-0.2, 0) is 4.79 Å². The summed E-state index contributed by atoms with van der Waals surface area (Å²) in [5.41, 5.74) is 9.59. The van der Waals surface area contributed by atoms with E-state index in [-0.39, 0.29) is 17.4 Å². The molecule has 0 fully saturated rings. The highest BCUT2D eigenvalue weighted by Crippen LogP contribution is 2.37. The van der Waals surface area contributed by atoms with Gasteiger partial charge in [-0.2, -0.15) is 0 Å². The third-order valence-electron chi connectivity index (χ3n) is 4.80. The van der Waals surface area contributed by atoms with Crippen molar-refractivity contribution in [2.75, 3.05) is 5.73 Å². The largest absolute Gasteiger partial charge is 0.478 e. The third-order valence-corrected chi connectivity index (χ3v) is 4.80. The minimum atomic E-state index is -1.29. The number of ether oxygens (including phenoxy) is 1. The predicted octanol–water partition coefficient (Wildman–Crippen LogP) is 5.34. The predicted molar refractivity (Wildman–Crippen MR) is 117 cm³/mol. The molecule has 1 unspecified atom stereocenters. The Morgan fingerprint density at radius 2 is 1.52 bits per heavy atom. The van der Waals surface area contributed by atoms with Gasteiger partial charge >= 0.3 is 5.97 Å². The minimum absolute atomic E-state index is 0.00284. The van der Waals surface area contributed by atoms with E-state index in [0.717, 1.165) is 5.56 Å². The third kappa shape index (κ3) is 4.38. The smallest absolute Gasteiger partial charge is 0.349 e. The van der Waals surface area contributed by atoms with Crippen molar-refractivity contribution in [3.05, 3.63) is 102 Å². The summed E-state index contributed by atoms with van der Waals surface area (Å²) in [5, 5.41) is 9.75. The first-order valence-electron chi connectivity index (χ1n) is 9.59. The second-order valence-corrected chi connectivity index (χ2v) is 6.89. The van der Waals surface area contributed by atoms with Crippen LogP contribution in [0.2, 0.25) is 0 Å². The van der Waals surface area contributed by atoms with Crippen LogP contribution < -0.4 is 10.5 Å². The number of carbonyl (C=O) groups is 1. The first-order valence-corrected chi connectivity index (χ1v) is 9.59. The Balaban J connectivity index is 1.85. The van der Waals surface area contributed by atoms with Gasteiger partial charge in [-0.05, 0) is 23.8 Å². The molecule has 3 N–H and O–H groups in total. The van der Waals surface area contributed by atoms with Crippen LogP contribution in [0.5, 0.6) is 5.88 Å². The standard InChI is InChI=1S/C25H19FN2O3/c26-19-13-11-16(12-14-19)20-15-21(17-7-3-1-4-8-17)28-24(22(20)27)31-23(25(29)30)18-9-5-2-6-10-18/h1-15,23H,27H2,(H,29,30). The molecular formula is C25H19FN2O3. The second kappa shape index (κ2) is 8.67. The Labute approximate surface area is 178 Å². The van der Waals surface area contributed by atoms with Gasteiger partial charge in [-0.3, -0.25) is 0 Å². The van der Waals surface area contributed by atoms with Crippen LogP contribution in [0.15, 0.2) is 91.0 Å². The summed E-state index contributed by atoms with van der Waals surface area (Å²) in [6.07, 6.45) is -1.29. The molecule has 0 saturated carbocycles. The van der Waals surface area contributed by atoms with Gasteiger partial charge < -0.3 is 15.6 Å². The number of hydrogen-bond acceptors (Lipinski definition) is 4. The molecule has 6 heteroatoms. The maximum Gasteiger partial charge on any atom is 0.349 e. The number of nitrogen functional groups attached to an aromatic ring is 1. The highest BCUT2D eigenvalue weighted by molar-refractivity contribution is 5.84. The van der Waals surface area contributed by atoms with E-state index in [0.29, 0.717) is 22.4 Å². The van der Waals surface area contributed by atoms with E-state index in [1.165, 1.54) is 12.1 Å². The van der Waals surface area contributed by atoms with E-state index < -0.39 is 12.1 Å². The van der Waals surface area contributed by atoms with E-state index >= 15 is 0 Å². The van der Waals surface area contributed by atoms with E-state index in [4.69, 9.17) is 10.5 Å². The van der Waals surface area contributed by atoms with Gasteiger partial charge in [0.1, 0.15) is 11.5 Å². The summed E-state index contributed by atoms with van der Waals surface area (Å²) in [6.45, 7) is 0. The summed E-state index contributed by atoms with van der Waals surface area (Å²) in [5.74, 6) is -1.54. The van der Waals surface area contributed by atoms with E-state index in [1.54, 1.807) is 48.5 Å². The van der Waals surface area contributed by atoms with Crippen LogP contribution in [0.3, 0.4) is 0 Å². The molecule has 5 nitrogen and oxygen atoms in total. The lowest BCUT2D eigenvalue weighted by Gasteiger charge is -2.19. The molecule has 0 saturated heterocycles. The second-order valence-electron chi connectivity index (χ2n) is 6.89. The molecule has 0 radical (unpaired) electrons. The van der Waals surface area contributed by atoms with Crippen LogP contribution in [0.1, 0.15) is 11.7 Å². The summed E-state index contributed by atoms with van der Waals surface area (Å²) >= 11 is 0. The fourth-order valence-corrected chi connectivity index (χ4v) is 3.25. The molecule has 1 heterocycles. The number of benzene rings is 3. The molecule has 0 spiro atoms. The molecule has 0 amide bonds. The molecule has 1 atom stereocenters. The number of rotatable bonds is 6. The number of pyridine rings is 1. The normalized spacial score (nSPS) is 11.6. The van der Waals surface area contributed by atoms with Gasteiger partial charge in [-0.1, -0.05) is 72.8 Å². The van der Waals surface area contributed by atoms with Crippen molar-refractivity contribution in [2.24, 2.45) is 0 Å². The summed E-state index contributed by atoms with van der Waals surface area (Å²) in [6, 6.07) is 25.6. The fraction of sp³-hybridized carbons (Fsp3) is 0.0400. The Morgan fingerprint density at radius 1 is 0.903 bits per heavy atom. The number of hydrogen-bond donors (Lipinski definition) is 2. The van der Waals surface area contributed by atoms with Gasteiger partial charge in [0.2, 0.25) is 12.0 Å². The first kappa shape index (κ1) is 20.1. The Morgan fingerprint density at radius 3 is 2.13 bits per heavy atom. The van der Waals surface area contributed by atoms with Crippen LogP contribution in [0.4, 0.5) is 10.1 Å². The van der Waals surface area contributed by atoms with Crippen LogP contribution in [0.25, 0.3) is 22.4 Å². The fourth-order valence-electron chi connectivity index (χ4n) is 3.25. The number of nitrogens with two attached hydrogens (primary N) is 1. The van der Waals surface area contributed by atoms with Gasteiger partial charge in [0.15, 0.2) is 0 Å². The van der Waals surface area contributed by atoms with E-state index in [1.807, 2.05) is 30.3 Å². The topological polar surface area (TPSA) is 85.4 Å². The highest BCUT2D eigenvalue weighted by atomic mass is 19.1. The molecular weight excluding hydrogens is 395 g/mol. The lowest BCUT2D eigenvalue weighted by molar-refractivity contribution is -0.145. The maximum absolute atomic E-state index is 13.4. The Hall–Kier alpha value is -4.19. The van der Waals surface area contributed by atoms with Gasteiger partial charge in [0.05, 0.1) is 5.69 Å². The van der Waals surface area contributed by atoms with Crippen molar-refractivity contribution in [1.82, 2.24) is 4.98 Å². The number of carboxylic acid groups (broad SMARTS) is 1. The molecule has 0 bridgehead atoms. The molecule has 4 rings (SSSR count). The lowest BCUT2D eigenvalue weighted by atomic mass is 10.0. The molecule has 0 aliphatic rings. The lowest BCUT2D eigenvalue weighted by Crippen LogP contribution is -2.19. The Bertz CT molecular complexity index is 1200. The minimum Gasteiger partial charge on any atom is -0.478 e. The number of nitrogens with zero attached hydrogens (tertiary/aromatic N) is 1. The molecule has 154 valence electrons. The van der Waals surface area contributed by atoms with Crippen LogP contribution in [-0.4, -0.2) is 16.1 Å². The number of aliphatic carboxylic acids is 1. The van der Waals surface area contributed by atoms with Crippen molar-refractivity contribution in [1.29, 1.82) is 0 Å². The van der Waals surface area contributed by atoms with Crippen molar-refractivity contribution < 1.29 is 19.0 Å². The zero-order valence-electron chi connectivity index (χ0n) is 16.4. The first-order chi connectivity index (χ1) is 15.0. The highest BCUT2D eigenvalue weighted by Gasteiger charge is 2.25. The van der Waals surface area contributed by atoms with Gasteiger partial charge in [0, 0.05) is 16.7 Å². The number of carboxylic acids is 1. The molecule has 0 aliphatic carbocycles. The summed E-state index contributed by atoms with van der Waals surface area (Å²) in [7, 11) is 0. The number of halogens is 1. The average molecular weight is 414 g/mol. The molecule has 31 heavy (non-hydrogen) atoms. The van der Waals surface area contributed by atoms with Crippen molar-refractivity contribution in [3.63, 3.8) is 0 Å². The van der Waals surface area contributed by atoms with Gasteiger partial charge in [-0.15, -0.1) is 0 Å². The van der Waals surface area contributed by atoms with Gasteiger partial charge in [0.25, 0.3) is 0 Å². The van der Waals surface area contributed by atoms with E-state index in [9.17, 15) is 14.3 Å². The van der Waals surface area contributed by atoms with E-state index in [2.05, 4.69) is 4.98 Å². The van der Waals surface area contributed by atoms with Crippen molar-refractivity contribution in [3.8, 4) is 28.3 Å². The number of anilines is 1. The quantitative estimate of drug-likeness (QED) is 0.445. The SMILES string of the molecule is Nc1c(-c2ccc(F)cc2)cc(-c2ccccc2)nc1OC(C(=O)O)c1ccccc1. The Kier molecular flexibility index (Phi) is 5.62. The zero-order valence-corrected chi connectivity index (χ0v) is 16.4. The molecule has 0 aliphatic heterocycles. The van der Waals surface area contributed by atoms with Crippen LogP contribution >= 0.6 is 0 Å². The molecule has 3 aromatic carbocycles. The molecule has 4 aromatic rings. The molecule has 1 aromatic heterocycles. The maximum atomic E-state index is 13.4. The summed E-state index contributed by atoms with van der Waals surface area (Å²) in [4.78, 5) is 16.4. The summed E-state index contributed by atoms with van der Waals surface area (Å²) < 4.78 is 19.3. The van der Waals surface area contributed by atoms with Gasteiger partial charge in [-0.25, -0.2) is 14.2 Å². The monoisotopic (exact) mass is 414 g/mol. The zero-order chi connectivity index (χ0) is 21.8. The van der Waals surface area contributed by atoms with Crippen molar-refractivity contribution >= 4 is 11.7 Å². The van der Waals surface area contributed by atoms with Crippen LogP contribution in [0, 0.1) is 5.82 Å². The number of aromatic nitrogens is 1. The van der Waals surface area contributed by atoms with Crippen molar-refractivity contribution in [2.45, 2.75) is 6.10 Å².